The first-order valence-corrected chi connectivity index (χ1v) is 6.70. The molecule has 1 aliphatic heterocycles. The number of alkyl halides is 3. The number of carbonyl (C=O) groups excluding carboxylic acids is 1. The molecule has 5 nitrogen and oxygen atoms in total. The molecule has 2 atom stereocenters. The van der Waals surface area contributed by atoms with E-state index < -0.39 is 24.1 Å². The van der Waals surface area contributed by atoms with E-state index in [0.717, 1.165) is 0 Å². The molecular weight excluding hydrogens is 301 g/mol. The molecule has 0 bridgehead atoms. The average Bonchev–Trinajstić information content (AvgIpc) is 2.47. The van der Waals surface area contributed by atoms with Gasteiger partial charge in [0.05, 0.1) is 5.56 Å². The minimum Gasteiger partial charge on any atom is -0.478 e. The molecule has 8 heteroatoms. The minimum absolute atomic E-state index is 0.0666. The summed E-state index contributed by atoms with van der Waals surface area (Å²) in [6.07, 6.45) is -4.43. The van der Waals surface area contributed by atoms with Crippen LogP contribution in [-0.4, -0.2) is 42.3 Å². The van der Waals surface area contributed by atoms with Gasteiger partial charge in [0.1, 0.15) is 0 Å². The van der Waals surface area contributed by atoms with Crippen LogP contribution in [0.1, 0.15) is 28.3 Å². The highest BCUT2D eigenvalue weighted by molar-refractivity contribution is 5.87. The molecule has 0 radical (unpaired) electrons. The Balaban J connectivity index is 2.21. The number of aromatic carboxylic acids is 1. The molecule has 1 amide bonds. The highest BCUT2D eigenvalue weighted by Gasteiger charge is 2.41. The second-order valence-electron chi connectivity index (χ2n) is 5.11. The van der Waals surface area contributed by atoms with E-state index in [1.54, 1.807) is 12.1 Å². The maximum Gasteiger partial charge on any atom is 0.471 e. The van der Waals surface area contributed by atoms with Gasteiger partial charge in [0.25, 0.3) is 0 Å². The Hall–Kier alpha value is -2.09. The lowest BCUT2D eigenvalue weighted by atomic mass is 9.85. The van der Waals surface area contributed by atoms with Crippen molar-refractivity contribution < 1.29 is 27.9 Å². The first-order valence-electron chi connectivity index (χ1n) is 6.70. The number of halogens is 3. The number of carboxylic acid groups (broad SMARTS) is 1. The van der Waals surface area contributed by atoms with E-state index in [1.165, 1.54) is 12.1 Å². The zero-order chi connectivity index (χ0) is 16.3. The van der Waals surface area contributed by atoms with Crippen LogP contribution in [0.3, 0.4) is 0 Å². The summed E-state index contributed by atoms with van der Waals surface area (Å²) in [5.74, 6) is -3.46. The lowest BCUT2D eigenvalue weighted by Crippen LogP contribution is -2.53. The fourth-order valence-corrected chi connectivity index (χ4v) is 2.56. The molecule has 3 N–H and O–H groups in total. The number of rotatable bonds is 3. The van der Waals surface area contributed by atoms with Crippen molar-refractivity contribution in [3.05, 3.63) is 35.4 Å². The quantitative estimate of drug-likeness (QED) is 0.790. The van der Waals surface area contributed by atoms with Crippen LogP contribution in [-0.2, 0) is 4.79 Å². The van der Waals surface area contributed by atoms with E-state index in [9.17, 15) is 22.8 Å². The molecule has 1 aromatic rings. The van der Waals surface area contributed by atoms with Crippen molar-refractivity contribution in [1.29, 1.82) is 0 Å². The summed E-state index contributed by atoms with van der Waals surface area (Å²) in [5.41, 5.74) is 0.672. The third kappa shape index (κ3) is 3.76. The monoisotopic (exact) mass is 316 g/mol. The number of amides is 1. The molecule has 1 aliphatic rings. The molecule has 0 aliphatic carbocycles. The first kappa shape index (κ1) is 16.3. The zero-order valence-corrected chi connectivity index (χ0v) is 11.5. The molecule has 0 spiro atoms. The molecule has 1 aromatic carbocycles. The predicted molar refractivity (Wildman–Crippen MR) is 71.6 cm³/mol. The van der Waals surface area contributed by atoms with Crippen molar-refractivity contribution >= 4 is 11.9 Å². The lowest BCUT2D eigenvalue weighted by Gasteiger charge is -2.33. The van der Waals surface area contributed by atoms with Gasteiger partial charge in [0.2, 0.25) is 0 Å². The summed E-state index contributed by atoms with van der Waals surface area (Å²) < 4.78 is 37.2. The van der Waals surface area contributed by atoms with E-state index in [4.69, 9.17) is 5.11 Å². The second-order valence-corrected chi connectivity index (χ2v) is 5.11. The molecule has 0 aromatic heterocycles. The van der Waals surface area contributed by atoms with E-state index in [1.807, 2.05) is 5.32 Å². The molecule has 2 rings (SSSR count). The van der Waals surface area contributed by atoms with Crippen LogP contribution in [0.2, 0.25) is 0 Å². The Morgan fingerprint density at radius 3 is 2.68 bits per heavy atom. The maximum atomic E-state index is 12.4. The fraction of sp³-hybridized carbons (Fsp3) is 0.429. The smallest absolute Gasteiger partial charge is 0.471 e. The molecule has 1 fully saturated rings. The first-order chi connectivity index (χ1) is 10.3. The largest absolute Gasteiger partial charge is 0.478 e. The number of carboxylic acids is 1. The van der Waals surface area contributed by atoms with E-state index in [0.29, 0.717) is 18.5 Å². The Labute approximate surface area is 124 Å². The van der Waals surface area contributed by atoms with E-state index >= 15 is 0 Å². The fourth-order valence-electron chi connectivity index (χ4n) is 2.56. The molecule has 1 heterocycles. The summed E-state index contributed by atoms with van der Waals surface area (Å²) in [6.45, 7) is 0.782. The van der Waals surface area contributed by atoms with Crippen molar-refractivity contribution in [3.63, 3.8) is 0 Å². The molecule has 120 valence electrons. The summed E-state index contributed by atoms with van der Waals surface area (Å²) in [7, 11) is 0. The number of carbonyl (C=O) groups is 2. The third-order valence-electron chi connectivity index (χ3n) is 3.62. The molecule has 2 unspecified atom stereocenters. The number of piperidine rings is 1. The van der Waals surface area contributed by atoms with Crippen molar-refractivity contribution in [2.45, 2.75) is 24.6 Å². The number of hydrogen-bond acceptors (Lipinski definition) is 3. The van der Waals surface area contributed by atoms with Crippen LogP contribution in [0.4, 0.5) is 13.2 Å². The van der Waals surface area contributed by atoms with Gasteiger partial charge in [-0.25, -0.2) is 4.79 Å². The highest BCUT2D eigenvalue weighted by atomic mass is 19.4. The Morgan fingerprint density at radius 1 is 1.32 bits per heavy atom. The van der Waals surface area contributed by atoms with Gasteiger partial charge in [0, 0.05) is 18.5 Å². The van der Waals surface area contributed by atoms with Crippen molar-refractivity contribution in [2.24, 2.45) is 0 Å². The van der Waals surface area contributed by atoms with Crippen molar-refractivity contribution in [3.8, 4) is 0 Å². The van der Waals surface area contributed by atoms with Gasteiger partial charge in [-0.05, 0) is 30.7 Å². The lowest BCUT2D eigenvalue weighted by molar-refractivity contribution is -0.174. The van der Waals surface area contributed by atoms with Gasteiger partial charge in [-0.3, -0.25) is 4.79 Å². The zero-order valence-electron chi connectivity index (χ0n) is 11.5. The van der Waals surface area contributed by atoms with Crippen molar-refractivity contribution in [1.82, 2.24) is 10.6 Å². The Morgan fingerprint density at radius 2 is 2.05 bits per heavy atom. The standard InChI is InChI=1S/C14H15F3N2O3/c15-14(16,17)13(22)19-11-7-18-5-4-10(11)8-2-1-3-9(6-8)12(20)21/h1-3,6,10-11,18H,4-5,7H2,(H,19,22)(H,20,21). The predicted octanol–water partition coefficient (Wildman–Crippen LogP) is 1.51. The number of hydrogen-bond donors (Lipinski definition) is 3. The third-order valence-corrected chi connectivity index (χ3v) is 3.62. The average molecular weight is 316 g/mol. The Kier molecular flexibility index (Phi) is 4.70. The summed E-state index contributed by atoms with van der Waals surface area (Å²) in [6, 6.07) is 5.31. The minimum atomic E-state index is -4.94. The van der Waals surface area contributed by atoms with Crippen LogP contribution in [0.15, 0.2) is 24.3 Å². The topological polar surface area (TPSA) is 78.4 Å². The van der Waals surface area contributed by atoms with Gasteiger partial charge in [-0.1, -0.05) is 12.1 Å². The van der Waals surface area contributed by atoms with E-state index in [2.05, 4.69) is 5.32 Å². The number of benzene rings is 1. The van der Waals surface area contributed by atoms with Gasteiger partial charge < -0.3 is 15.7 Å². The van der Waals surface area contributed by atoms with Crippen LogP contribution in [0.5, 0.6) is 0 Å². The van der Waals surface area contributed by atoms with Crippen LogP contribution in [0.25, 0.3) is 0 Å². The van der Waals surface area contributed by atoms with Gasteiger partial charge >= 0.3 is 18.1 Å². The maximum absolute atomic E-state index is 12.4. The highest BCUT2D eigenvalue weighted by Crippen LogP contribution is 2.27. The van der Waals surface area contributed by atoms with Crippen LogP contribution >= 0.6 is 0 Å². The Bertz CT molecular complexity index is 575. The molecule has 0 saturated carbocycles. The normalized spacial score (nSPS) is 22.1. The molecule has 22 heavy (non-hydrogen) atoms. The van der Waals surface area contributed by atoms with Crippen LogP contribution in [0, 0.1) is 0 Å². The van der Waals surface area contributed by atoms with Crippen LogP contribution < -0.4 is 10.6 Å². The van der Waals surface area contributed by atoms with E-state index in [-0.39, 0.29) is 18.0 Å². The van der Waals surface area contributed by atoms with Gasteiger partial charge in [-0.15, -0.1) is 0 Å². The SMILES string of the molecule is O=C(O)c1cccc(C2CCNCC2NC(=O)C(F)(F)F)c1. The second kappa shape index (κ2) is 6.35. The summed E-state index contributed by atoms with van der Waals surface area (Å²) in [5, 5.41) is 13.9. The van der Waals surface area contributed by atoms with Crippen molar-refractivity contribution in [2.75, 3.05) is 13.1 Å². The summed E-state index contributed by atoms with van der Waals surface area (Å²) >= 11 is 0. The van der Waals surface area contributed by atoms with Gasteiger partial charge in [0.15, 0.2) is 0 Å². The summed E-state index contributed by atoms with van der Waals surface area (Å²) in [4.78, 5) is 22.1. The number of nitrogens with one attached hydrogen (secondary N) is 2. The molecule has 1 saturated heterocycles. The van der Waals surface area contributed by atoms with Gasteiger partial charge in [-0.2, -0.15) is 13.2 Å². The molecular formula is C14H15F3N2O3.